The van der Waals surface area contributed by atoms with E-state index >= 15 is 0 Å². The number of ether oxygens (including phenoxy) is 1. The van der Waals surface area contributed by atoms with Gasteiger partial charge in [0.2, 0.25) is 10.0 Å². The maximum absolute atomic E-state index is 11.9. The second kappa shape index (κ2) is 6.55. The lowest BCUT2D eigenvalue weighted by molar-refractivity contribution is 0.0357. The van der Waals surface area contributed by atoms with E-state index in [1.165, 1.54) is 11.8 Å². The summed E-state index contributed by atoms with van der Waals surface area (Å²) in [7, 11) is -1.43. The lowest BCUT2D eigenvalue weighted by atomic mass is 9.71. The highest BCUT2D eigenvalue weighted by atomic mass is 32.2. The number of hydrogen-bond acceptors (Lipinski definition) is 5. The van der Waals surface area contributed by atoms with E-state index in [2.05, 4.69) is 4.90 Å². The van der Waals surface area contributed by atoms with Gasteiger partial charge in [-0.3, -0.25) is 4.90 Å². The molecule has 23 heavy (non-hydrogen) atoms. The summed E-state index contributed by atoms with van der Waals surface area (Å²) >= 11 is 0. The van der Waals surface area contributed by atoms with Gasteiger partial charge in [-0.05, 0) is 37.4 Å². The maximum atomic E-state index is 11.9. The van der Waals surface area contributed by atoms with Gasteiger partial charge in [-0.15, -0.1) is 0 Å². The lowest BCUT2D eigenvalue weighted by Crippen LogP contribution is -2.45. The van der Waals surface area contributed by atoms with Crippen molar-refractivity contribution >= 4 is 10.0 Å². The second-order valence-electron chi connectivity index (χ2n) is 6.98. The molecular weight excluding hydrogens is 316 g/mol. The molecule has 130 valence electrons. The average Bonchev–Trinajstić information content (AvgIpc) is 3.11. The molecule has 3 rings (SSSR count). The van der Waals surface area contributed by atoms with Crippen molar-refractivity contribution in [3.63, 3.8) is 0 Å². The molecule has 0 saturated carbocycles. The molecule has 3 heterocycles. The van der Waals surface area contributed by atoms with Gasteiger partial charge in [0.05, 0.1) is 25.4 Å². The Morgan fingerprint density at radius 1 is 1.39 bits per heavy atom. The van der Waals surface area contributed by atoms with E-state index in [-0.39, 0.29) is 5.41 Å². The summed E-state index contributed by atoms with van der Waals surface area (Å²) < 4.78 is 36.1. The van der Waals surface area contributed by atoms with Crippen molar-refractivity contribution in [2.45, 2.75) is 19.4 Å². The molecule has 6 nitrogen and oxygen atoms in total. The molecular formula is C16H26N2O4S. The van der Waals surface area contributed by atoms with Crippen LogP contribution in [-0.2, 0) is 21.3 Å². The van der Waals surface area contributed by atoms with Crippen LogP contribution in [0.2, 0.25) is 0 Å². The van der Waals surface area contributed by atoms with Crippen molar-refractivity contribution in [2.75, 3.05) is 46.2 Å². The van der Waals surface area contributed by atoms with Gasteiger partial charge in [-0.1, -0.05) is 0 Å². The highest BCUT2D eigenvalue weighted by Gasteiger charge is 2.49. The molecule has 0 N–H and O–H groups in total. The van der Waals surface area contributed by atoms with Gasteiger partial charge in [-0.2, -0.15) is 0 Å². The Kier molecular flexibility index (Phi) is 4.83. The third-order valence-electron chi connectivity index (χ3n) is 5.46. The number of rotatable bonds is 5. The molecule has 1 spiro atoms. The molecule has 2 saturated heterocycles. The minimum atomic E-state index is -3.13. The molecule has 1 aromatic rings. The molecule has 2 aliphatic rings. The predicted octanol–water partition coefficient (Wildman–Crippen LogP) is 1.40. The van der Waals surface area contributed by atoms with Crippen molar-refractivity contribution in [1.82, 2.24) is 9.21 Å². The molecule has 1 aromatic heterocycles. The third kappa shape index (κ3) is 3.63. The van der Waals surface area contributed by atoms with Crippen LogP contribution in [0.1, 0.15) is 18.4 Å². The Morgan fingerprint density at radius 3 is 2.70 bits per heavy atom. The van der Waals surface area contributed by atoms with Crippen LogP contribution in [0, 0.1) is 11.3 Å². The Hall–Kier alpha value is -0.890. The van der Waals surface area contributed by atoms with Crippen molar-refractivity contribution in [2.24, 2.45) is 11.3 Å². The zero-order valence-corrected chi connectivity index (χ0v) is 14.7. The smallest absolute Gasteiger partial charge is 0.211 e. The summed E-state index contributed by atoms with van der Waals surface area (Å²) in [5.41, 5.74) is 1.25. The average molecular weight is 342 g/mol. The number of likely N-dealkylation sites (tertiary alicyclic amines) is 1. The second-order valence-corrected chi connectivity index (χ2v) is 8.96. The summed E-state index contributed by atoms with van der Waals surface area (Å²) in [5.74, 6) is 0.290. The van der Waals surface area contributed by atoms with E-state index in [4.69, 9.17) is 9.15 Å². The summed E-state index contributed by atoms with van der Waals surface area (Å²) in [5, 5.41) is 0. The molecule has 0 bridgehead atoms. The van der Waals surface area contributed by atoms with Gasteiger partial charge in [0.1, 0.15) is 0 Å². The van der Waals surface area contributed by atoms with Crippen molar-refractivity contribution in [3.8, 4) is 0 Å². The molecule has 0 amide bonds. The summed E-state index contributed by atoms with van der Waals surface area (Å²) in [6.45, 7) is 4.74. The first kappa shape index (κ1) is 17.0. The SMILES string of the molecule is COC[C@@H]1CN(S(C)(=O)=O)CC12CCN(Cc1ccoc1)CC2. The van der Waals surface area contributed by atoms with Gasteiger partial charge in [0, 0.05) is 38.2 Å². The quantitative estimate of drug-likeness (QED) is 0.809. The number of methoxy groups -OCH3 is 1. The Labute approximate surface area is 138 Å². The molecule has 2 fully saturated rings. The van der Waals surface area contributed by atoms with Gasteiger partial charge in [0.25, 0.3) is 0 Å². The van der Waals surface area contributed by atoms with Crippen LogP contribution in [0.25, 0.3) is 0 Å². The largest absolute Gasteiger partial charge is 0.472 e. The van der Waals surface area contributed by atoms with E-state index in [1.807, 2.05) is 6.07 Å². The molecule has 1 atom stereocenters. The van der Waals surface area contributed by atoms with Crippen LogP contribution >= 0.6 is 0 Å². The standard InChI is InChI=1S/C16H26N2O4S/c1-21-12-15-10-18(23(2,19)20)13-16(15)4-6-17(7-5-16)9-14-3-8-22-11-14/h3,8,11,15H,4-7,9-10,12-13H2,1-2H3/t15-/m0/s1. The van der Waals surface area contributed by atoms with Gasteiger partial charge in [-0.25, -0.2) is 12.7 Å². The number of sulfonamides is 1. The first-order valence-corrected chi connectivity index (χ1v) is 9.95. The zero-order valence-electron chi connectivity index (χ0n) is 13.9. The van der Waals surface area contributed by atoms with E-state index in [0.717, 1.165) is 32.5 Å². The van der Waals surface area contributed by atoms with Gasteiger partial charge >= 0.3 is 0 Å². The Bertz CT molecular complexity index is 606. The number of nitrogens with zero attached hydrogens (tertiary/aromatic N) is 2. The highest BCUT2D eigenvalue weighted by Crippen LogP contribution is 2.45. The summed E-state index contributed by atoms with van der Waals surface area (Å²) in [6.07, 6.45) is 6.84. The number of furan rings is 1. The summed E-state index contributed by atoms with van der Waals surface area (Å²) in [6, 6.07) is 2.00. The fourth-order valence-electron chi connectivity index (χ4n) is 4.03. The van der Waals surface area contributed by atoms with Crippen LogP contribution in [0.3, 0.4) is 0 Å². The molecule has 7 heteroatoms. The van der Waals surface area contributed by atoms with Crippen LogP contribution in [-0.4, -0.2) is 63.8 Å². The Morgan fingerprint density at radius 2 is 2.13 bits per heavy atom. The van der Waals surface area contributed by atoms with Crippen LogP contribution < -0.4 is 0 Å². The fourth-order valence-corrected chi connectivity index (χ4v) is 4.97. The van der Waals surface area contributed by atoms with Gasteiger partial charge < -0.3 is 9.15 Å². The van der Waals surface area contributed by atoms with Crippen molar-refractivity contribution < 1.29 is 17.6 Å². The molecule has 0 aromatic carbocycles. The van der Waals surface area contributed by atoms with Crippen LogP contribution in [0.5, 0.6) is 0 Å². The topological polar surface area (TPSA) is 63.0 Å². The zero-order chi connectivity index (χ0) is 16.5. The van der Waals surface area contributed by atoms with Crippen molar-refractivity contribution in [1.29, 1.82) is 0 Å². The summed E-state index contributed by atoms with van der Waals surface area (Å²) in [4.78, 5) is 2.42. The predicted molar refractivity (Wildman–Crippen MR) is 87.4 cm³/mol. The number of hydrogen-bond donors (Lipinski definition) is 0. The molecule has 2 aliphatic heterocycles. The monoisotopic (exact) mass is 342 g/mol. The number of piperidine rings is 1. The van der Waals surface area contributed by atoms with E-state index in [9.17, 15) is 8.42 Å². The first-order chi connectivity index (χ1) is 10.9. The van der Waals surface area contributed by atoms with E-state index < -0.39 is 10.0 Å². The maximum Gasteiger partial charge on any atom is 0.211 e. The third-order valence-corrected chi connectivity index (χ3v) is 6.67. The normalized spacial score (nSPS) is 26.1. The van der Waals surface area contributed by atoms with Crippen molar-refractivity contribution in [3.05, 3.63) is 24.2 Å². The van der Waals surface area contributed by atoms with E-state index in [1.54, 1.807) is 23.9 Å². The van der Waals surface area contributed by atoms with Crippen LogP contribution in [0.15, 0.2) is 23.0 Å². The first-order valence-electron chi connectivity index (χ1n) is 8.10. The Balaban J connectivity index is 1.66. The highest BCUT2D eigenvalue weighted by molar-refractivity contribution is 7.88. The molecule has 0 unspecified atom stereocenters. The van der Waals surface area contributed by atoms with E-state index in [0.29, 0.717) is 25.6 Å². The lowest BCUT2D eigenvalue weighted by Gasteiger charge is -2.42. The fraction of sp³-hybridized carbons (Fsp3) is 0.750. The van der Waals surface area contributed by atoms with Gasteiger partial charge in [0.15, 0.2) is 0 Å². The minimum absolute atomic E-state index is 0.0615. The molecule has 0 radical (unpaired) electrons. The van der Waals surface area contributed by atoms with Crippen LogP contribution in [0.4, 0.5) is 0 Å². The minimum Gasteiger partial charge on any atom is -0.472 e. The molecule has 0 aliphatic carbocycles.